The van der Waals surface area contributed by atoms with Crippen LogP contribution in [0, 0.1) is 0 Å². The van der Waals surface area contributed by atoms with E-state index in [4.69, 9.17) is 0 Å². The average molecular weight is 476 g/mol. The third-order valence-corrected chi connectivity index (χ3v) is 8.37. The van der Waals surface area contributed by atoms with E-state index in [1.54, 1.807) is 18.3 Å². The SMILES string of the molecule is CC(C)(C)c1cc(C(=O)N2CCS(=O)(=O)CC2)c(NC(=O)Nc2cccc3cn[nH]c23)s1. The Hall–Kier alpha value is -2.92. The second-order valence-electron chi connectivity index (χ2n) is 8.77. The molecule has 0 saturated carbocycles. The fourth-order valence-corrected chi connectivity index (χ4v) is 5.73. The highest BCUT2D eigenvalue weighted by atomic mass is 32.2. The van der Waals surface area contributed by atoms with Crippen molar-refractivity contribution in [3.8, 4) is 0 Å². The summed E-state index contributed by atoms with van der Waals surface area (Å²) in [5, 5.41) is 13.8. The van der Waals surface area contributed by atoms with Gasteiger partial charge in [-0.2, -0.15) is 5.10 Å². The highest BCUT2D eigenvalue weighted by molar-refractivity contribution is 7.91. The molecular formula is C21H25N5O4S2. The summed E-state index contributed by atoms with van der Waals surface area (Å²) in [4.78, 5) is 28.5. The predicted molar refractivity (Wildman–Crippen MR) is 126 cm³/mol. The van der Waals surface area contributed by atoms with Crippen LogP contribution in [0.3, 0.4) is 0 Å². The molecule has 0 radical (unpaired) electrons. The molecule has 0 spiro atoms. The molecule has 11 heteroatoms. The van der Waals surface area contributed by atoms with E-state index >= 15 is 0 Å². The van der Waals surface area contributed by atoms with Crippen LogP contribution < -0.4 is 10.6 Å². The normalized spacial score (nSPS) is 16.2. The van der Waals surface area contributed by atoms with E-state index < -0.39 is 15.9 Å². The topological polar surface area (TPSA) is 124 Å². The molecule has 1 aliphatic heterocycles. The first-order valence-electron chi connectivity index (χ1n) is 10.2. The number of H-pyrrole nitrogens is 1. The van der Waals surface area contributed by atoms with Crippen LogP contribution in [0.15, 0.2) is 30.5 Å². The van der Waals surface area contributed by atoms with Crippen molar-refractivity contribution in [2.24, 2.45) is 0 Å². The van der Waals surface area contributed by atoms with E-state index in [9.17, 15) is 18.0 Å². The molecule has 3 aromatic rings. The molecule has 1 aromatic carbocycles. The van der Waals surface area contributed by atoms with Gasteiger partial charge < -0.3 is 10.2 Å². The Morgan fingerprint density at radius 3 is 2.56 bits per heavy atom. The van der Waals surface area contributed by atoms with Gasteiger partial charge in [-0.05, 0) is 17.5 Å². The zero-order valence-electron chi connectivity index (χ0n) is 18.1. The number of rotatable bonds is 3. The number of fused-ring (bicyclic) bond motifs is 1. The molecule has 0 atom stereocenters. The molecule has 170 valence electrons. The minimum atomic E-state index is -3.11. The number of sulfone groups is 1. The zero-order chi connectivity index (χ0) is 23.1. The predicted octanol–water partition coefficient (Wildman–Crippen LogP) is 3.44. The molecule has 0 unspecified atom stereocenters. The molecule has 0 bridgehead atoms. The number of nitrogens with zero attached hydrogens (tertiary/aromatic N) is 2. The van der Waals surface area contributed by atoms with E-state index in [1.165, 1.54) is 16.2 Å². The molecule has 1 aliphatic rings. The monoisotopic (exact) mass is 475 g/mol. The standard InChI is InChI=1S/C21H25N5O4S2/c1-21(2,3)16-11-14(19(27)26-7-9-32(29,30)10-8-26)18(31-16)24-20(28)23-15-6-4-5-13-12-22-25-17(13)15/h4-6,11-12H,7-10H2,1-3H3,(H,22,25)(H2,23,24,28). The molecule has 9 nitrogen and oxygen atoms in total. The van der Waals surface area contributed by atoms with Crippen LogP contribution in [0.5, 0.6) is 0 Å². The fourth-order valence-electron chi connectivity index (χ4n) is 3.43. The molecule has 1 saturated heterocycles. The Bertz CT molecular complexity index is 1270. The van der Waals surface area contributed by atoms with Crippen molar-refractivity contribution >= 4 is 54.7 Å². The first-order chi connectivity index (χ1) is 15.0. The molecule has 32 heavy (non-hydrogen) atoms. The zero-order valence-corrected chi connectivity index (χ0v) is 19.7. The number of aromatic amines is 1. The van der Waals surface area contributed by atoms with Crippen LogP contribution in [0.1, 0.15) is 36.0 Å². The number of nitrogens with one attached hydrogen (secondary N) is 3. The van der Waals surface area contributed by atoms with E-state index in [2.05, 4.69) is 20.8 Å². The fraction of sp³-hybridized carbons (Fsp3) is 0.381. The van der Waals surface area contributed by atoms with Gasteiger partial charge in [-0.1, -0.05) is 32.9 Å². The minimum absolute atomic E-state index is 0.0492. The maximum absolute atomic E-state index is 13.2. The summed E-state index contributed by atoms with van der Waals surface area (Å²) in [6.45, 7) is 6.39. The summed E-state index contributed by atoms with van der Waals surface area (Å²) in [6.07, 6.45) is 1.67. The average Bonchev–Trinajstić information content (AvgIpc) is 3.35. The lowest BCUT2D eigenvalue weighted by molar-refractivity contribution is 0.0771. The number of hydrogen-bond acceptors (Lipinski definition) is 6. The van der Waals surface area contributed by atoms with Gasteiger partial charge in [-0.3, -0.25) is 15.2 Å². The lowest BCUT2D eigenvalue weighted by Crippen LogP contribution is -2.43. The smallest absolute Gasteiger partial charge is 0.324 e. The molecule has 3 amide bonds. The van der Waals surface area contributed by atoms with Gasteiger partial charge in [0.05, 0.1) is 34.5 Å². The number of urea groups is 1. The molecule has 2 aromatic heterocycles. The number of carbonyl (C=O) groups excluding carboxylic acids is 2. The van der Waals surface area contributed by atoms with Gasteiger partial charge in [0, 0.05) is 23.4 Å². The van der Waals surface area contributed by atoms with Crippen LogP contribution in [0.4, 0.5) is 15.5 Å². The maximum Gasteiger partial charge on any atom is 0.324 e. The molecule has 4 rings (SSSR count). The van der Waals surface area contributed by atoms with Gasteiger partial charge in [0.25, 0.3) is 5.91 Å². The lowest BCUT2D eigenvalue weighted by atomic mass is 9.94. The first kappa shape index (κ1) is 22.3. The van der Waals surface area contributed by atoms with Crippen LogP contribution in [-0.4, -0.2) is 60.0 Å². The van der Waals surface area contributed by atoms with Crippen molar-refractivity contribution in [2.45, 2.75) is 26.2 Å². The van der Waals surface area contributed by atoms with Gasteiger partial charge in [0.1, 0.15) is 5.00 Å². The molecule has 1 fully saturated rings. The van der Waals surface area contributed by atoms with Crippen LogP contribution in [-0.2, 0) is 15.3 Å². The lowest BCUT2D eigenvalue weighted by Gasteiger charge is -2.26. The summed E-state index contributed by atoms with van der Waals surface area (Å²) in [5.74, 6) is -0.378. The first-order valence-corrected chi connectivity index (χ1v) is 12.8. The van der Waals surface area contributed by atoms with Crippen molar-refractivity contribution in [2.75, 3.05) is 35.2 Å². The Labute approximate surface area is 190 Å². The van der Waals surface area contributed by atoms with Crippen LogP contribution in [0.25, 0.3) is 10.9 Å². The van der Waals surface area contributed by atoms with Crippen molar-refractivity contribution in [1.29, 1.82) is 0 Å². The van der Waals surface area contributed by atoms with Crippen LogP contribution in [0.2, 0.25) is 0 Å². The number of amides is 3. The molecule has 3 heterocycles. The quantitative estimate of drug-likeness (QED) is 0.535. The third kappa shape index (κ3) is 4.63. The summed E-state index contributed by atoms with van der Waals surface area (Å²) in [6, 6.07) is 6.77. The van der Waals surface area contributed by atoms with Crippen molar-refractivity contribution < 1.29 is 18.0 Å². The number of para-hydroxylation sites is 1. The summed E-state index contributed by atoms with van der Waals surface area (Å²) >= 11 is 1.34. The van der Waals surface area contributed by atoms with E-state index in [0.717, 1.165) is 10.3 Å². The van der Waals surface area contributed by atoms with Gasteiger partial charge >= 0.3 is 6.03 Å². The van der Waals surface area contributed by atoms with E-state index in [0.29, 0.717) is 21.8 Å². The third-order valence-electron chi connectivity index (χ3n) is 5.29. The highest BCUT2D eigenvalue weighted by Crippen LogP contribution is 2.37. The number of benzene rings is 1. The van der Waals surface area contributed by atoms with E-state index in [1.807, 2.05) is 32.9 Å². The maximum atomic E-state index is 13.2. The minimum Gasteiger partial charge on any atom is -0.337 e. The highest BCUT2D eigenvalue weighted by Gasteiger charge is 2.30. The molecule has 0 aliphatic carbocycles. The summed E-state index contributed by atoms with van der Waals surface area (Å²) in [5.41, 5.74) is 1.42. The number of anilines is 2. The summed E-state index contributed by atoms with van der Waals surface area (Å²) in [7, 11) is -3.11. The number of thiophene rings is 1. The Balaban J connectivity index is 1.58. The number of hydrogen-bond donors (Lipinski definition) is 3. The van der Waals surface area contributed by atoms with E-state index in [-0.39, 0.29) is 35.9 Å². The molecule has 3 N–H and O–H groups in total. The number of aromatic nitrogens is 2. The van der Waals surface area contributed by atoms with Gasteiger partial charge in [0.15, 0.2) is 9.84 Å². The second kappa shape index (κ2) is 8.21. The second-order valence-corrected chi connectivity index (χ2v) is 12.1. The number of carbonyl (C=O) groups is 2. The Kier molecular flexibility index (Phi) is 5.72. The summed E-state index contributed by atoms with van der Waals surface area (Å²) < 4.78 is 23.5. The van der Waals surface area contributed by atoms with Crippen molar-refractivity contribution in [1.82, 2.24) is 15.1 Å². The van der Waals surface area contributed by atoms with Crippen LogP contribution >= 0.6 is 11.3 Å². The Morgan fingerprint density at radius 2 is 1.88 bits per heavy atom. The largest absolute Gasteiger partial charge is 0.337 e. The molecular weight excluding hydrogens is 450 g/mol. The van der Waals surface area contributed by atoms with Gasteiger partial charge in [0.2, 0.25) is 0 Å². The van der Waals surface area contributed by atoms with Crippen molar-refractivity contribution in [3.05, 3.63) is 40.9 Å². The van der Waals surface area contributed by atoms with Crippen molar-refractivity contribution in [3.63, 3.8) is 0 Å². The Morgan fingerprint density at radius 1 is 1.16 bits per heavy atom. The van der Waals surface area contributed by atoms with Gasteiger partial charge in [-0.25, -0.2) is 13.2 Å². The van der Waals surface area contributed by atoms with Gasteiger partial charge in [-0.15, -0.1) is 11.3 Å².